The van der Waals surface area contributed by atoms with Crippen LogP contribution >= 0.6 is 0 Å². The van der Waals surface area contributed by atoms with Crippen LogP contribution in [-0.2, 0) is 6.61 Å². The first kappa shape index (κ1) is 12.3. The van der Waals surface area contributed by atoms with E-state index in [1.165, 1.54) is 6.33 Å². The Kier molecular flexibility index (Phi) is 2.92. The number of hydrogen-bond donors (Lipinski definition) is 2. The molecule has 0 aliphatic carbocycles. The molecule has 3 aromatic rings. The number of carbonyl (C=O) groups is 1. The number of carbonyl (C=O) groups excluding carboxylic acids is 1. The van der Waals surface area contributed by atoms with Gasteiger partial charge in [0.05, 0.1) is 23.4 Å². The van der Waals surface area contributed by atoms with Gasteiger partial charge in [-0.25, -0.2) is 9.97 Å². The Morgan fingerprint density at radius 3 is 2.85 bits per heavy atom. The van der Waals surface area contributed by atoms with Gasteiger partial charge in [0.1, 0.15) is 12.1 Å². The zero-order chi connectivity index (χ0) is 14.1. The number of primary amides is 1. The van der Waals surface area contributed by atoms with Crippen LogP contribution in [0.1, 0.15) is 16.1 Å². The molecule has 100 valence electrons. The van der Waals surface area contributed by atoms with Crippen molar-refractivity contribution in [1.29, 1.82) is 0 Å². The van der Waals surface area contributed by atoms with E-state index in [9.17, 15) is 4.79 Å². The molecular formula is C14H12N4O2. The van der Waals surface area contributed by atoms with E-state index < -0.39 is 5.91 Å². The molecule has 1 aromatic carbocycles. The number of aromatic nitrogens is 3. The van der Waals surface area contributed by atoms with Gasteiger partial charge in [0.15, 0.2) is 0 Å². The highest BCUT2D eigenvalue weighted by Crippen LogP contribution is 2.20. The van der Waals surface area contributed by atoms with Crippen molar-refractivity contribution in [3.63, 3.8) is 0 Å². The largest absolute Gasteiger partial charge is 0.390 e. The molecule has 0 unspecified atom stereocenters. The number of aliphatic hydroxyl groups is 1. The predicted molar refractivity (Wildman–Crippen MR) is 73.3 cm³/mol. The maximum atomic E-state index is 11.6. The number of imidazole rings is 1. The smallest absolute Gasteiger partial charge is 0.249 e. The third-order valence-corrected chi connectivity index (χ3v) is 3.03. The van der Waals surface area contributed by atoms with Gasteiger partial charge in [-0.2, -0.15) is 0 Å². The molecule has 3 N–H and O–H groups in total. The van der Waals surface area contributed by atoms with Crippen molar-refractivity contribution in [1.82, 2.24) is 14.5 Å². The maximum Gasteiger partial charge on any atom is 0.249 e. The van der Waals surface area contributed by atoms with Gasteiger partial charge in [0.2, 0.25) is 5.91 Å². The summed E-state index contributed by atoms with van der Waals surface area (Å²) in [4.78, 5) is 20.1. The van der Waals surface area contributed by atoms with Crippen LogP contribution in [0.25, 0.3) is 16.7 Å². The van der Waals surface area contributed by atoms with Gasteiger partial charge < -0.3 is 10.8 Å². The Bertz CT molecular complexity index is 795. The molecule has 6 heteroatoms. The lowest BCUT2D eigenvalue weighted by Crippen LogP contribution is -2.13. The molecular weight excluding hydrogens is 256 g/mol. The summed E-state index contributed by atoms with van der Waals surface area (Å²) in [5.41, 5.74) is 7.04. The predicted octanol–water partition coefficient (Wildman–Crippen LogP) is 1.01. The molecule has 20 heavy (non-hydrogen) atoms. The molecule has 2 aromatic heterocycles. The molecule has 0 radical (unpaired) electrons. The number of rotatable bonds is 3. The van der Waals surface area contributed by atoms with E-state index in [-0.39, 0.29) is 6.61 Å². The fourth-order valence-corrected chi connectivity index (χ4v) is 2.07. The van der Waals surface area contributed by atoms with Crippen molar-refractivity contribution in [2.45, 2.75) is 6.61 Å². The van der Waals surface area contributed by atoms with Crippen LogP contribution in [-0.4, -0.2) is 25.5 Å². The average Bonchev–Trinajstić information content (AvgIpc) is 2.95. The summed E-state index contributed by atoms with van der Waals surface area (Å²) in [6.45, 7) is -0.150. The second-order valence-corrected chi connectivity index (χ2v) is 4.34. The molecule has 0 aliphatic rings. The van der Waals surface area contributed by atoms with Crippen molar-refractivity contribution in [2.75, 3.05) is 0 Å². The third-order valence-electron chi connectivity index (χ3n) is 3.03. The van der Waals surface area contributed by atoms with E-state index in [0.29, 0.717) is 28.0 Å². The summed E-state index contributed by atoms with van der Waals surface area (Å²) in [5, 5.41) is 9.76. The van der Waals surface area contributed by atoms with Crippen LogP contribution in [0.3, 0.4) is 0 Å². The average molecular weight is 268 g/mol. The molecule has 0 aliphatic heterocycles. The Labute approximate surface area is 114 Å². The first-order valence-electron chi connectivity index (χ1n) is 6.02. The molecule has 0 saturated heterocycles. The van der Waals surface area contributed by atoms with Crippen LogP contribution in [0.5, 0.6) is 0 Å². The van der Waals surface area contributed by atoms with Crippen molar-refractivity contribution in [3.8, 4) is 5.82 Å². The zero-order valence-corrected chi connectivity index (χ0v) is 10.5. The summed E-state index contributed by atoms with van der Waals surface area (Å²) in [5.74, 6) is 0.0250. The topological polar surface area (TPSA) is 94.0 Å². The number of pyridine rings is 1. The normalized spacial score (nSPS) is 10.8. The number of hydrogen-bond acceptors (Lipinski definition) is 4. The van der Waals surface area contributed by atoms with Crippen LogP contribution in [0, 0.1) is 0 Å². The van der Waals surface area contributed by atoms with Gasteiger partial charge in [0.25, 0.3) is 0 Å². The van der Waals surface area contributed by atoms with Gasteiger partial charge in [-0.15, -0.1) is 0 Å². The summed E-state index contributed by atoms with van der Waals surface area (Å²) in [6, 6.07) is 8.91. The number of amides is 1. The fraction of sp³-hybridized carbons (Fsp3) is 0.0714. The lowest BCUT2D eigenvalue weighted by molar-refractivity contribution is 0.100. The second-order valence-electron chi connectivity index (χ2n) is 4.34. The van der Waals surface area contributed by atoms with Crippen LogP contribution in [0.2, 0.25) is 0 Å². The van der Waals surface area contributed by atoms with Crippen molar-refractivity contribution < 1.29 is 9.90 Å². The Balaban J connectivity index is 2.24. The molecule has 6 nitrogen and oxygen atoms in total. The lowest BCUT2D eigenvalue weighted by atomic mass is 10.1. The van der Waals surface area contributed by atoms with Crippen molar-refractivity contribution in [3.05, 3.63) is 54.1 Å². The molecule has 2 heterocycles. The van der Waals surface area contributed by atoms with Gasteiger partial charge >= 0.3 is 0 Å². The lowest BCUT2D eigenvalue weighted by Gasteiger charge is -2.07. The molecule has 0 saturated carbocycles. The van der Waals surface area contributed by atoms with Gasteiger partial charge in [-0.3, -0.25) is 9.36 Å². The number of nitrogens with zero attached hydrogens (tertiary/aromatic N) is 3. The first-order valence-corrected chi connectivity index (χ1v) is 6.02. The highest BCUT2D eigenvalue weighted by molar-refractivity contribution is 6.05. The van der Waals surface area contributed by atoms with E-state index in [2.05, 4.69) is 9.97 Å². The van der Waals surface area contributed by atoms with Gasteiger partial charge in [0, 0.05) is 11.6 Å². The summed E-state index contributed by atoms with van der Waals surface area (Å²) < 4.78 is 1.64. The third kappa shape index (κ3) is 2.02. The SMILES string of the molecule is NC(=O)c1cc(-n2cnc(CO)c2)nc2ccccc12. The molecule has 0 spiro atoms. The van der Waals surface area contributed by atoms with E-state index in [1.807, 2.05) is 18.2 Å². The number of benzene rings is 1. The summed E-state index contributed by atoms with van der Waals surface area (Å²) in [7, 11) is 0. The highest BCUT2D eigenvalue weighted by Gasteiger charge is 2.11. The van der Waals surface area contributed by atoms with Crippen molar-refractivity contribution >= 4 is 16.8 Å². The summed E-state index contributed by atoms with van der Waals surface area (Å²) >= 11 is 0. The number of fused-ring (bicyclic) bond motifs is 1. The fourth-order valence-electron chi connectivity index (χ4n) is 2.07. The maximum absolute atomic E-state index is 11.6. The second kappa shape index (κ2) is 4.75. The summed E-state index contributed by atoms with van der Waals surface area (Å²) in [6.07, 6.45) is 3.19. The van der Waals surface area contributed by atoms with Crippen LogP contribution in [0.4, 0.5) is 0 Å². The van der Waals surface area contributed by atoms with Crippen LogP contribution < -0.4 is 5.73 Å². The molecule has 0 fully saturated rings. The van der Waals surface area contributed by atoms with Gasteiger partial charge in [-0.1, -0.05) is 18.2 Å². The minimum atomic E-state index is -0.507. The van der Waals surface area contributed by atoms with Crippen LogP contribution in [0.15, 0.2) is 42.9 Å². The quantitative estimate of drug-likeness (QED) is 0.741. The standard InChI is InChI=1S/C14H12N4O2/c15-14(20)11-5-13(18-6-9(7-19)16-8-18)17-12-4-2-1-3-10(11)12/h1-6,8,19H,7H2,(H2,15,20). The Hall–Kier alpha value is -2.73. The van der Waals surface area contributed by atoms with E-state index in [1.54, 1.807) is 22.9 Å². The number of nitrogens with two attached hydrogens (primary N) is 1. The molecule has 3 rings (SSSR count). The monoisotopic (exact) mass is 268 g/mol. The molecule has 0 bridgehead atoms. The number of aliphatic hydroxyl groups excluding tert-OH is 1. The molecule has 0 atom stereocenters. The Morgan fingerprint density at radius 1 is 1.35 bits per heavy atom. The zero-order valence-electron chi connectivity index (χ0n) is 10.5. The Morgan fingerprint density at radius 2 is 2.15 bits per heavy atom. The molecule has 1 amide bonds. The minimum Gasteiger partial charge on any atom is -0.390 e. The van der Waals surface area contributed by atoms with Crippen molar-refractivity contribution in [2.24, 2.45) is 5.73 Å². The minimum absolute atomic E-state index is 0.150. The highest BCUT2D eigenvalue weighted by atomic mass is 16.3. The van der Waals surface area contributed by atoms with Gasteiger partial charge in [-0.05, 0) is 12.1 Å². The van der Waals surface area contributed by atoms with E-state index in [4.69, 9.17) is 10.8 Å². The van der Waals surface area contributed by atoms with E-state index in [0.717, 1.165) is 0 Å². The number of para-hydroxylation sites is 1. The first-order chi connectivity index (χ1) is 9.69. The van der Waals surface area contributed by atoms with E-state index >= 15 is 0 Å².